The molecule has 0 saturated carbocycles. The maximum atomic E-state index is 10.7. The monoisotopic (exact) mass is 281 g/mol. The third kappa shape index (κ3) is 3.13. The van der Waals surface area contributed by atoms with Gasteiger partial charge in [-0.15, -0.1) is 0 Å². The Labute approximate surface area is 121 Å². The van der Waals surface area contributed by atoms with E-state index in [1.54, 1.807) is 0 Å². The van der Waals surface area contributed by atoms with E-state index >= 15 is 0 Å². The van der Waals surface area contributed by atoms with Crippen LogP contribution in [0.1, 0.15) is 38.7 Å². The van der Waals surface area contributed by atoms with Crippen LogP contribution in [-0.4, -0.2) is 34.7 Å². The van der Waals surface area contributed by atoms with Gasteiger partial charge in [0.1, 0.15) is 0 Å². The number of benzene rings is 1. The summed E-state index contributed by atoms with van der Waals surface area (Å²) in [5.74, 6) is 0. The Hall–Kier alpha value is -0.570. The molecule has 19 heavy (non-hydrogen) atoms. The molecule has 1 heterocycles. The van der Waals surface area contributed by atoms with Crippen molar-refractivity contribution in [1.29, 1.82) is 0 Å². The highest BCUT2D eigenvalue weighted by Gasteiger charge is 2.38. The van der Waals surface area contributed by atoms with E-state index < -0.39 is 0 Å². The summed E-state index contributed by atoms with van der Waals surface area (Å²) in [6, 6.07) is 7.80. The van der Waals surface area contributed by atoms with Crippen molar-refractivity contribution in [2.75, 3.05) is 13.1 Å². The van der Waals surface area contributed by atoms with Gasteiger partial charge in [0, 0.05) is 17.0 Å². The van der Waals surface area contributed by atoms with Crippen LogP contribution in [-0.2, 0) is 6.42 Å². The Morgan fingerprint density at radius 1 is 1.32 bits per heavy atom. The maximum absolute atomic E-state index is 10.7. The first-order valence-electron chi connectivity index (χ1n) is 7.24. The molecule has 2 atom stereocenters. The van der Waals surface area contributed by atoms with Gasteiger partial charge in [0.2, 0.25) is 0 Å². The first kappa shape index (κ1) is 14.8. The number of hydrogen-bond donors (Lipinski definition) is 1. The van der Waals surface area contributed by atoms with Crippen LogP contribution in [0.4, 0.5) is 0 Å². The van der Waals surface area contributed by atoms with Crippen LogP contribution in [0.5, 0.6) is 0 Å². The topological polar surface area (TPSA) is 23.5 Å². The SMILES string of the molecule is CCC(C)(C(O)Cc1ccccc1Cl)N1CCCC1. The van der Waals surface area contributed by atoms with Crippen LogP contribution >= 0.6 is 11.6 Å². The molecule has 0 bridgehead atoms. The fraction of sp³-hybridized carbons (Fsp3) is 0.625. The molecule has 0 aliphatic carbocycles. The number of rotatable bonds is 5. The fourth-order valence-corrected chi connectivity index (χ4v) is 3.20. The Morgan fingerprint density at radius 3 is 2.53 bits per heavy atom. The van der Waals surface area contributed by atoms with E-state index in [0.717, 1.165) is 30.1 Å². The second-order valence-electron chi connectivity index (χ2n) is 5.72. The van der Waals surface area contributed by atoms with E-state index in [1.165, 1.54) is 12.8 Å². The number of aliphatic hydroxyl groups excluding tert-OH is 1. The second kappa shape index (κ2) is 6.25. The quantitative estimate of drug-likeness (QED) is 0.893. The molecule has 3 heteroatoms. The highest BCUT2D eigenvalue weighted by atomic mass is 35.5. The molecular formula is C16H24ClNO. The molecule has 2 rings (SSSR count). The first-order valence-corrected chi connectivity index (χ1v) is 7.62. The molecule has 1 aromatic carbocycles. The number of nitrogens with zero attached hydrogens (tertiary/aromatic N) is 1. The zero-order chi connectivity index (χ0) is 13.9. The minimum atomic E-state index is -0.379. The van der Waals surface area contributed by atoms with Crippen molar-refractivity contribution in [3.05, 3.63) is 34.9 Å². The van der Waals surface area contributed by atoms with Gasteiger partial charge >= 0.3 is 0 Å². The molecule has 1 aliphatic heterocycles. The Balaban J connectivity index is 2.12. The number of aliphatic hydroxyl groups is 1. The lowest BCUT2D eigenvalue weighted by Gasteiger charge is -2.42. The summed E-state index contributed by atoms with van der Waals surface area (Å²) < 4.78 is 0. The third-order valence-electron chi connectivity index (χ3n) is 4.63. The van der Waals surface area contributed by atoms with E-state index in [-0.39, 0.29) is 11.6 Å². The van der Waals surface area contributed by atoms with E-state index in [0.29, 0.717) is 6.42 Å². The van der Waals surface area contributed by atoms with Crippen molar-refractivity contribution < 1.29 is 5.11 Å². The lowest BCUT2D eigenvalue weighted by molar-refractivity contribution is -0.0117. The smallest absolute Gasteiger partial charge is 0.0761 e. The van der Waals surface area contributed by atoms with Gasteiger partial charge in [-0.1, -0.05) is 36.7 Å². The number of halogens is 1. The van der Waals surface area contributed by atoms with Crippen molar-refractivity contribution in [2.24, 2.45) is 0 Å². The van der Waals surface area contributed by atoms with Crippen LogP contribution in [0, 0.1) is 0 Å². The van der Waals surface area contributed by atoms with Gasteiger partial charge in [-0.05, 0) is 50.9 Å². The van der Waals surface area contributed by atoms with Gasteiger partial charge in [0.25, 0.3) is 0 Å². The van der Waals surface area contributed by atoms with Crippen molar-refractivity contribution >= 4 is 11.6 Å². The zero-order valence-corrected chi connectivity index (χ0v) is 12.7. The average molecular weight is 282 g/mol. The molecule has 1 saturated heterocycles. The van der Waals surface area contributed by atoms with Crippen LogP contribution in [0.25, 0.3) is 0 Å². The zero-order valence-electron chi connectivity index (χ0n) is 11.9. The number of hydrogen-bond acceptors (Lipinski definition) is 2. The van der Waals surface area contributed by atoms with Crippen molar-refractivity contribution in [1.82, 2.24) is 4.90 Å². The van der Waals surface area contributed by atoms with E-state index in [9.17, 15) is 5.11 Å². The molecular weight excluding hydrogens is 258 g/mol. The Kier molecular flexibility index (Phi) is 4.88. The molecule has 1 fully saturated rings. The molecule has 2 unspecified atom stereocenters. The molecule has 1 N–H and O–H groups in total. The summed E-state index contributed by atoms with van der Waals surface area (Å²) in [7, 11) is 0. The summed E-state index contributed by atoms with van der Waals surface area (Å²) >= 11 is 6.20. The van der Waals surface area contributed by atoms with Crippen molar-refractivity contribution in [3.63, 3.8) is 0 Å². The molecule has 0 spiro atoms. The summed E-state index contributed by atoms with van der Waals surface area (Å²) in [5.41, 5.74) is 0.894. The van der Waals surface area contributed by atoms with Crippen LogP contribution in [0.15, 0.2) is 24.3 Å². The van der Waals surface area contributed by atoms with Crippen molar-refractivity contribution in [2.45, 2.75) is 51.2 Å². The third-order valence-corrected chi connectivity index (χ3v) is 5.00. The van der Waals surface area contributed by atoms with E-state index in [4.69, 9.17) is 11.6 Å². The van der Waals surface area contributed by atoms with Crippen LogP contribution in [0.3, 0.4) is 0 Å². The predicted octanol–water partition coefficient (Wildman–Crippen LogP) is 3.51. The van der Waals surface area contributed by atoms with Gasteiger partial charge in [0.15, 0.2) is 0 Å². The highest BCUT2D eigenvalue weighted by molar-refractivity contribution is 6.31. The lowest BCUT2D eigenvalue weighted by atomic mass is 9.86. The molecule has 2 nitrogen and oxygen atoms in total. The Morgan fingerprint density at radius 2 is 1.95 bits per heavy atom. The summed E-state index contributed by atoms with van der Waals surface area (Å²) in [5, 5.41) is 11.5. The first-order chi connectivity index (χ1) is 9.08. The summed E-state index contributed by atoms with van der Waals surface area (Å²) in [4.78, 5) is 2.44. The molecule has 0 aromatic heterocycles. The molecule has 106 valence electrons. The largest absolute Gasteiger partial charge is 0.391 e. The predicted molar refractivity (Wildman–Crippen MR) is 80.7 cm³/mol. The fourth-order valence-electron chi connectivity index (χ4n) is 2.99. The average Bonchev–Trinajstić information content (AvgIpc) is 2.95. The normalized spacial score (nSPS) is 21.3. The summed E-state index contributed by atoms with van der Waals surface area (Å²) in [6.45, 7) is 6.54. The molecule has 0 radical (unpaired) electrons. The van der Waals surface area contributed by atoms with E-state index in [1.807, 2.05) is 24.3 Å². The molecule has 1 aliphatic rings. The Bertz CT molecular complexity index is 417. The van der Waals surface area contributed by atoms with Crippen LogP contribution < -0.4 is 0 Å². The van der Waals surface area contributed by atoms with Gasteiger partial charge in [-0.3, -0.25) is 4.90 Å². The van der Waals surface area contributed by atoms with Crippen molar-refractivity contribution in [3.8, 4) is 0 Å². The summed E-state index contributed by atoms with van der Waals surface area (Å²) in [6.07, 6.45) is 3.69. The van der Waals surface area contributed by atoms with Gasteiger partial charge in [0.05, 0.1) is 6.10 Å². The van der Waals surface area contributed by atoms with Gasteiger partial charge < -0.3 is 5.11 Å². The maximum Gasteiger partial charge on any atom is 0.0761 e. The van der Waals surface area contributed by atoms with E-state index in [2.05, 4.69) is 18.7 Å². The molecule has 0 amide bonds. The second-order valence-corrected chi connectivity index (χ2v) is 6.12. The van der Waals surface area contributed by atoms with Crippen LogP contribution in [0.2, 0.25) is 5.02 Å². The minimum Gasteiger partial charge on any atom is -0.391 e. The van der Waals surface area contributed by atoms with Gasteiger partial charge in [-0.25, -0.2) is 0 Å². The van der Waals surface area contributed by atoms with Gasteiger partial charge in [-0.2, -0.15) is 0 Å². The molecule has 1 aromatic rings. The minimum absolute atomic E-state index is 0.143. The standard InChI is InChI=1S/C16H24ClNO/c1-3-16(2,18-10-6-7-11-18)15(19)12-13-8-4-5-9-14(13)17/h4-5,8-9,15,19H,3,6-7,10-12H2,1-2H3. The lowest BCUT2D eigenvalue weighted by Crippen LogP contribution is -2.53. The number of likely N-dealkylation sites (tertiary alicyclic amines) is 1. The highest BCUT2D eigenvalue weighted by Crippen LogP contribution is 2.30.